The molecule has 0 bridgehead atoms. The Bertz CT molecular complexity index is 512. The van der Waals surface area contributed by atoms with Crippen molar-refractivity contribution in [2.75, 3.05) is 0 Å². The third kappa shape index (κ3) is 2.17. The molecule has 0 aliphatic rings. The van der Waals surface area contributed by atoms with E-state index in [2.05, 4.69) is 19.6 Å². The van der Waals surface area contributed by atoms with Crippen LogP contribution in [0.15, 0.2) is 55.1 Å². The zero-order valence-corrected chi connectivity index (χ0v) is 9.96. The molecule has 0 fully saturated rings. The van der Waals surface area contributed by atoms with Crippen LogP contribution in [0.4, 0.5) is 0 Å². The third-order valence-electron chi connectivity index (χ3n) is 2.57. The number of halogens is 1. The summed E-state index contributed by atoms with van der Waals surface area (Å²) in [5, 5.41) is 0.749. The van der Waals surface area contributed by atoms with Crippen molar-refractivity contribution in [3.63, 3.8) is 0 Å². The van der Waals surface area contributed by atoms with Gasteiger partial charge in [-0.3, -0.25) is 0 Å². The maximum Gasteiger partial charge on any atom is 0.0484 e. The van der Waals surface area contributed by atoms with Crippen molar-refractivity contribution < 1.29 is 0 Å². The molecule has 2 aromatic rings. The van der Waals surface area contributed by atoms with Crippen LogP contribution >= 0.6 is 11.6 Å². The van der Waals surface area contributed by atoms with Gasteiger partial charge in [-0.1, -0.05) is 60.1 Å². The van der Waals surface area contributed by atoms with Crippen LogP contribution in [-0.2, 0) is 0 Å². The smallest absolute Gasteiger partial charge is 0.0484 e. The average Bonchev–Trinajstić information content (AvgIpc) is 2.32. The molecule has 0 spiro atoms. The number of aryl methyl sites for hydroxylation is 1. The van der Waals surface area contributed by atoms with E-state index in [4.69, 9.17) is 11.6 Å². The van der Waals surface area contributed by atoms with E-state index in [1.165, 1.54) is 5.56 Å². The molecule has 0 heterocycles. The Kier molecular flexibility index (Phi) is 3.12. The Labute approximate surface area is 101 Å². The van der Waals surface area contributed by atoms with E-state index in [0.717, 1.165) is 21.7 Å². The standard InChI is InChI=1S/C15H13Cl/c1-11-8-9-15(16)14(10-11)12(2)13-6-4-3-5-7-13/h3-10H,2H2,1H3. The van der Waals surface area contributed by atoms with E-state index >= 15 is 0 Å². The fourth-order valence-corrected chi connectivity index (χ4v) is 1.90. The summed E-state index contributed by atoms with van der Waals surface area (Å²) in [6.07, 6.45) is 0. The predicted molar refractivity (Wildman–Crippen MR) is 70.8 cm³/mol. The predicted octanol–water partition coefficient (Wildman–Crippen LogP) is 4.71. The minimum absolute atomic E-state index is 0.749. The summed E-state index contributed by atoms with van der Waals surface area (Å²) in [5.74, 6) is 0. The highest BCUT2D eigenvalue weighted by molar-refractivity contribution is 6.32. The van der Waals surface area contributed by atoms with Gasteiger partial charge in [-0.15, -0.1) is 0 Å². The Morgan fingerprint density at radius 2 is 1.75 bits per heavy atom. The monoisotopic (exact) mass is 228 g/mol. The van der Waals surface area contributed by atoms with Gasteiger partial charge in [0.05, 0.1) is 0 Å². The lowest BCUT2D eigenvalue weighted by atomic mass is 9.98. The minimum Gasteiger partial charge on any atom is -0.0905 e. The van der Waals surface area contributed by atoms with E-state index in [0.29, 0.717) is 0 Å². The topological polar surface area (TPSA) is 0 Å². The molecule has 0 amide bonds. The maximum absolute atomic E-state index is 6.18. The van der Waals surface area contributed by atoms with Gasteiger partial charge >= 0.3 is 0 Å². The molecule has 0 atom stereocenters. The molecule has 0 aliphatic carbocycles. The fourth-order valence-electron chi connectivity index (χ4n) is 1.67. The van der Waals surface area contributed by atoms with Gasteiger partial charge in [-0.05, 0) is 30.2 Å². The molecule has 0 unspecified atom stereocenters. The van der Waals surface area contributed by atoms with E-state index in [1.54, 1.807) is 0 Å². The highest BCUT2D eigenvalue weighted by atomic mass is 35.5. The summed E-state index contributed by atoms with van der Waals surface area (Å²) in [7, 11) is 0. The van der Waals surface area contributed by atoms with E-state index in [1.807, 2.05) is 42.5 Å². The zero-order chi connectivity index (χ0) is 11.5. The molecule has 0 N–H and O–H groups in total. The van der Waals surface area contributed by atoms with Crippen molar-refractivity contribution >= 4 is 17.2 Å². The van der Waals surface area contributed by atoms with Crippen molar-refractivity contribution in [1.29, 1.82) is 0 Å². The van der Waals surface area contributed by atoms with E-state index < -0.39 is 0 Å². The maximum atomic E-state index is 6.18. The largest absolute Gasteiger partial charge is 0.0905 e. The zero-order valence-electron chi connectivity index (χ0n) is 9.20. The van der Waals surface area contributed by atoms with Crippen LogP contribution in [0.3, 0.4) is 0 Å². The highest BCUT2D eigenvalue weighted by Crippen LogP contribution is 2.28. The van der Waals surface area contributed by atoms with Crippen LogP contribution in [0, 0.1) is 6.92 Å². The summed E-state index contributed by atoms with van der Waals surface area (Å²) in [6.45, 7) is 6.17. The molecular weight excluding hydrogens is 216 g/mol. The molecule has 2 rings (SSSR count). The molecule has 0 aromatic heterocycles. The van der Waals surface area contributed by atoms with Crippen molar-refractivity contribution in [3.05, 3.63) is 76.8 Å². The van der Waals surface area contributed by atoms with Crippen LogP contribution in [-0.4, -0.2) is 0 Å². The quantitative estimate of drug-likeness (QED) is 0.698. The Morgan fingerprint density at radius 1 is 1.06 bits per heavy atom. The van der Waals surface area contributed by atoms with Gasteiger partial charge in [0.15, 0.2) is 0 Å². The molecule has 0 saturated carbocycles. The summed E-state index contributed by atoms with van der Waals surface area (Å²) in [4.78, 5) is 0. The van der Waals surface area contributed by atoms with Gasteiger partial charge in [0.1, 0.15) is 0 Å². The molecule has 0 radical (unpaired) electrons. The van der Waals surface area contributed by atoms with E-state index in [9.17, 15) is 0 Å². The second-order valence-electron chi connectivity index (χ2n) is 3.83. The van der Waals surface area contributed by atoms with Gasteiger partial charge in [0, 0.05) is 10.6 Å². The third-order valence-corrected chi connectivity index (χ3v) is 2.90. The Hall–Kier alpha value is -1.53. The molecule has 0 aliphatic heterocycles. The molecule has 80 valence electrons. The first-order valence-corrected chi connectivity index (χ1v) is 5.57. The number of benzene rings is 2. The van der Waals surface area contributed by atoms with Crippen LogP contribution in [0.25, 0.3) is 5.57 Å². The van der Waals surface area contributed by atoms with Gasteiger partial charge in [-0.25, -0.2) is 0 Å². The lowest BCUT2D eigenvalue weighted by molar-refractivity contribution is 1.44. The molecule has 0 nitrogen and oxygen atoms in total. The summed E-state index contributed by atoms with van der Waals surface area (Å²) in [5.41, 5.74) is 4.27. The Morgan fingerprint density at radius 3 is 2.44 bits per heavy atom. The fraction of sp³-hybridized carbons (Fsp3) is 0.0667. The first kappa shape index (κ1) is 11.0. The Balaban J connectivity index is 2.46. The second kappa shape index (κ2) is 4.54. The van der Waals surface area contributed by atoms with Crippen molar-refractivity contribution in [3.8, 4) is 0 Å². The van der Waals surface area contributed by atoms with Crippen LogP contribution < -0.4 is 0 Å². The summed E-state index contributed by atoms with van der Waals surface area (Å²) in [6, 6.07) is 16.1. The summed E-state index contributed by atoms with van der Waals surface area (Å²) < 4.78 is 0. The second-order valence-corrected chi connectivity index (χ2v) is 4.24. The lowest BCUT2D eigenvalue weighted by Crippen LogP contribution is -1.88. The summed E-state index contributed by atoms with van der Waals surface area (Å²) >= 11 is 6.18. The molecule has 16 heavy (non-hydrogen) atoms. The SMILES string of the molecule is C=C(c1ccccc1)c1cc(C)ccc1Cl. The van der Waals surface area contributed by atoms with Crippen molar-refractivity contribution in [2.45, 2.75) is 6.92 Å². The minimum atomic E-state index is 0.749. The van der Waals surface area contributed by atoms with Crippen LogP contribution in [0.5, 0.6) is 0 Å². The first-order chi connectivity index (χ1) is 7.68. The van der Waals surface area contributed by atoms with Crippen molar-refractivity contribution in [1.82, 2.24) is 0 Å². The number of rotatable bonds is 2. The van der Waals surface area contributed by atoms with Gasteiger partial charge in [-0.2, -0.15) is 0 Å². The van der Waals surface area contributed by atoms with Crippen LogP contribution in [0.1, 0.15) is 16.7 Å². The van der Waals surface area contributed by atoms with Gasteiger partial charge in [0.25, 0.3) is 0 Å². The van der Waals surface area contributed by atoms with Crippen molar-refractivity contribution in [2.24, 2.45) is 0 Å². The van der Waals surface area contributed by atoms with Gasteiger partial charge < -0.3 is 0 Å². The first-order valence-electron chi connectivity index (χ1n) is 5.19. The van der Waals surface area contributed by atoms with Gasteiger partial charge in [0.2, 0.25) is 0 Å². The lowest BCUT2D eigenvalue weighted by Gasteiger charge is -2.09. The molecular formula is C15H13Cl. The van der Waals surface area contributed by atoms with Crippen LogP contribution in [0.2, 0.25) is 5.02 Å². The molecule has 2 aromatic carbocycles. The average molecular weight is 229 g/mol. The normalized spacial score (nSPS) is 10.1. The molecule has 0 saturated heterocycles. The highest BCUT2D eigenvalue weighted by Gasteiger charge is 2.06. The van der Waals surface area contributed by atoms with E-state index in [-0.39, 0.29) is 0 Å². The molecule has 1 heteroatoms. The number of hydrogen-bond acceptors (Lipinski definition) is 0. The number of hydrogen-bond donors (Lipinski definition) is 0.